The highest BCUT2D eigenvalue weighted by Crippen LogP contribution is 2.20. The Bertz CT molecular complexity index is 310. The molecule has 13 heavy (non-hydrogen) atoms. The number of nitrogens with zero attached hydrogens (tertiary/aromatic N) is 1. The first-order valence-electron chi connectivity index (χ1n) is 4.37. The van der Waals surface area contributed by atoms with E-state index in [0.717, 1.165) is 0 Å². The Labute approximate surface area is 79.0 Å². The SMILES string of the molecule is CN1C=C[C](c2ccccc2)C=C1. The summed E-state index contributed by atoms with van der Waals surface area (Å²) in [7, 11) is 2.02. The van der Waals surface area contributed by atoms with Crippen molar-refractivity contribution in [2.75, 3.05) is 7.05 Å². The number of rotatable bonds is 1. The lowest BCUT2D eigenvalue weighted by atomic mass is 9.98. The minimum Gasteiger partial charge on any atom is -0.358 e. The fraction of sp³-hybridized carbons (Fsp3) is 0.0833. The Hall–Kier alpha value is -1.50. The third kappa shape index (κ3) is 1.81. The lowest BCUT2D eigenvalue weighted by Gasteiger charge is -2.16. The van der Waals surface area contributed by atoms with Crippen molar-refractivity contribution in [3.63, 3.8) is 0 Å². The molecule has 0 unspecified atom stereocenters. The Morgan fingerprint density at radius 2 is 1.54 bits per heavy atom. The second kappa shape index (κ2) is 3.48. The molecule has 0 N–H and O–H groups in total. The fourth-order valence-corrected chi connectivity index (χ4v) is 1.32. The maximum absolute atomic E-state index is 2.12. The maximum Gasteiger partial charge on any atom is 0.0514 e. The first-order chi connectivity index (χ1) is 6.36. The average Bonchev–Trinajstić information content (AvgIpc) is 2.20. The normalized spacial score (nSPS) is 16.5. The second-order valence-corrected chi connectivity index (χ2v) is 3.12. The largest absolute Gasteiger partial charge is 0.358 e. The van der Waals surface area contributed by atoms with E-state index in [9.17, 15) is 0 Å². The highest BCUT2D eigenvalue weighted by atomic mass is 15.0. The van der Waals surface area contributed by atoms with Crippen LogP contribution in [0.4, 0.5) is 0 Å². The van der Waals surface area contributed by atoms with Crippen molar-refractivity contribution in [1.82, 2.24) is 4.90 Å². The first kappa shape index (κ1) is 8.11. The molecule has 1 aromatic rings. The van der Waals surface area contributed by atoms with Crippen LogP contribution in [-0.2, 0) is 0 Å². The highest BCUT2D eigenvalue weighted by molar-refractivity contribution is 5.45. The number of hydrogen-bond donors (Lipinski definition) is 0. The van der Waals surface area contributed by atoms with Crippen LogP contribution in [0.1, 0.15) is 5.56 Å². The molecule has 2 rings (SSSR count). The third-order valence-corrected chi connectivity index (χ3v) is 2.09. The van der Waals surface area contributed by atoms with Crippen LogP contribution in [-0.4, -0.2) is 11.9 Å². The van der Waals surface area contributed by atoms with Gasteiger partial charge < -0.3 is 4.90 Å². The van der Waals surface area contributed by atoms with E-state index in [1.807, 2.05) is 18.0 Å². The molecule has 1 aliphatic rings. The number of allylic oxidation sites excluding steroid dienone is 2. The van der Waals surface area contributed by atoms with Gasteiger partial charge in [-0.25, -0.2) is 0 Å². The molecule has 1 aliphatic heterocycles. The molecule has 1 radical (unpaired) electrons. The van der Waals surface area contributed by atoms with E-state index in [1.54, 1.807) is 0 Å². The molecule has 0 spiro atoms. The van der Waals surface area contributed by atoms with Gasteiger partial charge in [0.05, 0.1) is 5.92 Å². The molecule has 1 nitrogen and oxygen atoms in total. The van der Waals surface area contributed by atoms with E-state index in [0.29, 0.717) is 0 Å². The summed E-state index contributed by atoms with van der Waals surface area (Å²) in [5.74, 6) is 1.26. The summed E-state index contributed by atoms with van der Waals surface area (Å²) >= 11 is 0. The summed E-state index contributed by atoms with van der Waals surface area (Å²) in [5.41, 5.74) is 1.27. The monoisotopic (exact) mass is 170 g/mol. The average molecular weight is 170 g/mol. The summed E-state index contributed by atoms with van der Waals surface area (Å²) in [6, 6.07) is 10.4. The van der Waals surface area contributed by atoms with Crippen LogP contribution in [0.3, 0.4) is 0 Å². The van der Waals surface area contributed by atoms with Gasteiger partial charge in [-0.05, 0) is 5.56 Å². The van der Waals surface area contributed by atoms with Crippen LogP contribution in [0.25, 0.3) is 0 Å². The zero-order valence-electron chi connectivity index (χ0n) is 7.64. The topological polar surface area (TPSA) is 3.24 Å². The van der Waals surface area contributed by atoms with E-state index in [2.05, 4.69) is 48.8 Å². The molecule has 0 saturated carbocycles. The van der Waals surface area contributed by atoms with E-state index < -0.39 is 0 Å². The van der Waals surface area contributed by atoms with Gasteiger partial charge in [0.15, 0.2) is 0 Å². The maximum atomic E-state index is 2.12. The molecule has 0 saturated heterocycles. The lowest BCUT2D eigenvalue weighted by molar-refractivity contribution is 0.616. The van der Waals surface area contributed by atoms with Gasteiger partial charge in [-0.15, -0.1) is 0 Å². The van der Waals surface area contributed by atoms with Gasteiger partial charge >= 0.3 is 0 Å². The van der Waals surface area contributed by atoms with Gasteiger partial charge in [0.25, 0.3) is 0 Å². The molecule has 0 fully saturated rings. The van der Waals surface area contributed by atoms with E-state index >= 15 is 0 Å². The van der Waals surface area contributed by atoms with Gasteiger partial charge in [-0.1, -0.05) is 42.5 Å². The molecule has 0 amide bonds. The van der Waals surface area contributed by atoms with Crippen LogP contribution in [0.2, 0.25) is 0 Å². The zero-order valence-corrected chi connectivity index (χ0v) is 7.64. The minimum atomic E-state index is 1.26. The molecule has 1 heteroatoms. The van der Waals surface area contributed by atoms with Crippen molar-refractivity contribution in [3.8, 4) is 0 Å². The molecule has 65 valence electrons. The summed E-state index contributed by atoms with van der Waals surface area (Å²) in [6.45, 7) is 0. The fourth-order valence-electron chi connectivity index (χ4n) is 1.32. The second-order valence-electron chi connectivity index (χ2n) is 3.12. The Morgan fingerprint density at radius 3 is 2.15 bits per heavy atom. The van der Waals surface area contributed by atoms with Crippen molar-refractivity contribution >= 4 is 0 Å². The Morgan fingerprint density at radius 1 is 0.923 bits per heavy atom. The van der Waals surface area contributed by atoms with Crippen LogP contribution >= 0.6 is 0 Å². The van der Waals surface area contributed by atoms with Crippen LogP contribution in [0.5, 0.6) is 0 Å². The quantitative estimate of drug-likeness (QED) is 0.626. The minimum absolute atomic E-state index is 1.26. The van der Waals surface area contributed by atoms with Crippen molar-refractivity contribution in [3.05, 3.63) is 66.4 Å². The van der Waals surface area contributed by atoms with Crippen LogP contribution < -0.4 is 0 Å². The van der Waals surface area contributed by atoms with Gasteiger partial charge in [-0.2, -0.15) is 0 Å². The lowest BCUT2D eigenvalue weighted by Crippen LogP contribution is -2.07. The standard InChI is InChI=1S/C12H12N/c1-13-9-7-12(8-10-13)11-5-3-2-4-6-11/h2-10H,1H3. The Kier molecular flexibility index (Phi) is 2.17. The molecular weight excluding hydrogens is 158 g/mol. The summed E-state index contributed by atoms with van der Waals surface area (Å²) in [6.07, 6.45) is 8.36. The van der Waals surface area contributed by atoms with Crippen molar-refractivity contribution in [1.29, 1.82) is 0 Å². The predicted molar refractivity (Wildman–Crippen MR) is 54.8 cm³/mol. The molecule has 1 heterocycles. The van der Waals surface area contributed by atoms with Crippen molar-refractivity contribution < 1.29 is 0 Å². The number of benzene rings is 1. The smallest absolute Gasteiger partial charge is 0.0514 e. The molecule has 0 aromatic heterocycles. The van der Waals surface area contributed by atoms with Gasteiger partial charge in [0.1, 0.15) is 0 Å². The molecule has 1 aromatic carbocycles. The number of hydrogen-bond acceptors (Lipinski definition) is 1. The van der Waals surface area contributed by atoms with Crippen LogP contribution in [0, 0.1) is 5.92 Å². The third-order valence-electron chi connectivity index (χ3n) is 2.09. The van der Waals surface area contributed by atoms with Gasteiger partial charge in [0.2, 0.25) is 0 Å². The molecular formula is C12H12N. The summed E-state index contributed by atoms with van der Waals surface area (Å²) in [5, 5.41) is 0. The molecule has 0 aliphatic carbocycles. The van der Waals surface area contributed by atoms with Crippen molar-refractivity contribution in [2.24, 2.45) is 0 Å². The van der Waals surface area contributed by atoms with Gasteiger partial charge in [-0.3, -0.25) is 0 Å². The van der Waals surface area contributed by atoms with Crippen molar-refractivity contribution in [2.45, 2.75) is 0 Å². The van der Waals surface area contributed by atoms with E-state index in [1.165, 1.54) is 11.5 Å². The highest BCUT2D eigenvalue weighted by Gasteiger charge is 2.07. The van der Waals surface area contributed by atoms with Crippen LogP contribution in [0.15, 0.2) is 54.9 Å². The molecule has 0 bridgehead atoms. The Balaban J connectivity index is 2.20. The first-order valence-corrected chi connectivity index (χ1v) is 4.37. The molecule has 0 atom stereocenters. The van der Waals surface area contributed by atoms with E-state index in [4.69, 9.17) is 0 Å². The summed E-state index contributed by atoms with van der Waals surface area (Å²) < 4.78 is 0. The van der Waals surface area contributed by atoms with Gasteiger partial charge in [0, 0.05) is 19.4 Å². The summed E-state index contributed by atoms with van der Waals surface area (Å²) in [4.78, 5) is 2.03. The van der Waals surface area contributed by atoms with E-state index in [-0.39, 0.29) is 0 Å². The predicted octanol–water partition coefficient (Wildman–Crippen LogP) is 2.58. The zero-order chi connectivity index (χ0) is 9.10.